The van der Waals surface area contributed by atoms with E-state index in [4.69, 9.17) is 5.73 Å². The molecule has 0 saturated carbocycles. The molecule has 92 valence electrons. The number of hydrogen-bond donors (Lipinski definition) is 1. The summed E-state index contributed by atoms with van der Waals surface area (Å²) in [6.45, 7) is 4.26. The average Bonchev–Trinajstić information content (AvgIpc) is 2.39. The molecular weight excluding hydrogens is 226 g/mol. The number of hydrogen-bond acceptors (Lipinski definition) is 3. The molecule has 2 rings (SSSR count). The molecule has 0 radical (unpaired) electrons. The van der Waals surface area contributed by atoms with Crippen molar-refractivity contribution in [3.63, 3.8) is 0 Å². The van der Waals surface area contributed by atoms with Crippen LogP contribution in [-0.4, -0.2) is 15.9 Å². The Kier molecular flexibility index (Phi) is 3.37. The zero-order valence-corrected chi connectivity index (χ0v) is 10.4. The number of amides is 1. The van der Waals surface area contributed by atoms with Crippen molar-refractivity contribution in [3.8, 4) is 11.3 Å². The molecule has 2 aromatic rings. The molecule has 4 nitrogen and oxygen atoms in total. The molecule has 2 N–H and O–H groups in total. The van der Waals surface area contributed by atoms with Crippen LogP contribution < -0.4 is 5.73 Å². The maximum Gasteiger partial charge on any atom is 0.268 e. The van der Waals surface area contributed by atoms with Crippen LogP contribution in [0.1, 0.15) is 35.8 Å². The Bertz CT molecular complexity index is 579. The summed E-state index contributed by atoms with van der Waals surface area (Å²) in [5.74, 6) is -0.124. The van der Waals surface area contributed by atoms with Crippen LogP contribution in [0.2, 0.25) is 0 Å². The SMILES string of the molecule is CC(C)c1cccc(-c2cncc(C(N)=O)n2)c1. The van der Waals surface area contributed by atoms with E-state index >= 15 is 0 Å². The first-order chi connectivity index (χ1) is 8.58. The zero-order valence-electron chi connectivity index (χ0n) is 10.4. The van der Waals surface area contributed by atoms with Crippen molar-refractivity contribution in [1.82, 2.24) is 9.97 Å². The molecule has 0 aliphatic heterocycles. The molecule has 1 amide bonds. The number of nitrogens with zero attached hydrogens (tertiary/aromatic N) is 2. The number of rotatable bonds is 3. The molecule has 0 aliphatic rings. The van der Waals surface area contributed by atoms with Gasteiger partial charge in [-0.05, 0) is 17.5 Å². The lowest BCUT2D eigenvalue weighted by Gasteiger charge is -2.08. The van der Waals surface area contributed by atoms with Crippen molar-refractivity contribution < 1.29 is 4.79 Å². The van der Waals surface area contributed by atoms with Gasteiger partial charge in [0.25, 0.3) is 5.91 Å². The van der Waals surface area contributed by atoms with Gasteiger partial charge in [-0.25, -0.2) is 4.98 Å². The number of aromatic nitrogens is 2. The Balaban J connectivity index is 2.45. The molecular formula is C14H15N3O. The predicted octanol–water partition coefficient (Wildman–Crippen LogP) is 2.37. The highest BCUT2D eigenvalue weighted by molar-refractivity contribution is 5.90. The van der Waals surface area contributed by atoms with Crippen LogP contribution in [0.5, 0.6) is 0 Å². The quantitative estimate of drug-likeness (QED) is 0.896. The van der Waals surface area contributed by atoms with Crippen molar-refractivity contribution in [1.29, 1.82) is 0 Å². The first kappa shape index (κ1) is 12.2. The van der Waals surface area contributed by atoms with Crippen molar-refractivity contribution >= 4 is 5.91 Å². The van der Waals surface area contributed by atoms with E-state index in [9.17, 15) is 4.79 Å². The summed E-state index contributed by atoms with van der Waals surface area (Å²) in [6.07, 6.45) is 3.00. The maximum atomic E-state index is 11.1. The predicted molar refractivity (Wildman–Crippen MR) is 70.1 cm³/mol. The van der Waals surface area contributed by atoms with Gasteiger partial charge >= 0.3 is 0 Å². The van der Waals surface area contributed by atoms with Gasteiger partial charge in [0.15, 0.2) is 0 Å². The highest BCUT2D eigenvalue weighted by Gasteiger charge is 2.07. The lowest BCUT2D eigenvalue weighted by molar-refractivity contribution is 0.0995. The highest BCUT2D eigenvalue weighted by atomic mass is 16.1. The molecule has 0 bridgehead atoms. The van der Waals surface area contributed by atoms with Gasteiger partial charge < -0.3 is 5.73 Å². The van der Waals surface area contributed by atoms with Crippen LogP contribution in [0.15, 0.2) is 36.7 Å². The van der Waals surface area contributed by atoms with Gasteiger partial charge in [-0.1, -0.05) is 32.0 Å². The minimum atomic E-state index is -0.565. The summed E-state index contributed by atoms with van der Waals surface area (Å²) in [7, 11) is 0. The minimum Gasteiger partial charge on any atom is -0.364 e. The molecule has 1 aromatic carbocycles. The lowest BCUT2D eigenvalue weighted by atomic mass is 10.00. The Hall–Kier alpha value is -2.23. The van der Waals surface area contributed by atoms with Gasteiger partial charge in [-0.15, -0.1) is 0 Å². The summed E-state index contributed by atoms with van der Waals surface area (Å²) in [5.41, 5.74) is 8.20. The normalized spacial score (nSPS) is 10.6. The van der Waals surface area contributed by atoms with Gasteiger partial charge in [-0.2, -0.15) is 0 Å². The molecule has 1 heterocycles. The fourth-order valence-corrected chi connectivity index (χ4v) is 1.68. The van der Waals surface area contributed by atoms with Gasteiger partial charge in [-0.3, -0.25) is 9.78 Å². The Morgan fingerprint density at radius 3 is 2.72 bits per heavy atom. The van der Waals surface area contributed by atoms with E-state index in [1.165, 1.54) is 11.8 Å². The van der Waals surface area contributed by atoms with Gasteiger partial charge in [0.1, 0.15) is 5.69 Å². The Morgan fingerprint density at radius 1 is 1.28 bits per heavy atom. The van der Waals surface area contributed by atoms with Crippen LogP contribution in [0.3, 0.4) is 0 Å². The summed E-state index contributed by atoms with van der Waals surface area (Å²) in [6, 6.07) is 8.04. The third kappa shape index (κ3) is 2.53. The van der Waals surface area contributed by atoms with E-state index in [1.54, 1.807) is 6.20 Å². The van der Waals surface area contributed by atoms with Gasteiger partial charge in [0, 0.05) is 5.56 Å². The standard InChI is InChI=1S/C14H15N3O/c1-9(2)10-4-3-5-11(6-10)12-7-16-8-13(17-12)14(15)18/h3-9H,1-2H3,(H2,15,18). The van der Waals surface area contributed by atoms with Crippen LogP contribution in [0, 0.1) is 0 Å². The lowest BCUT2D eigenvalue weighted by Crippen LogP contribution is -2.13. The second kappa shape index (κ2) is 4.96. The van der Waals surface area contributed by atoms with Gasteiger partial charge in [0.05, 0.1) is 18.1 Å². The summed E-state index contributed by atoms with van der Waals surface area (Å²) >= 11 is 0. The van der Waals surface area contributed by atoms with Crippen LogP contribution in [0.4, 0.5) is 0 Å². The van der Waals surface area contributed by atoms with Crippen molar-refractivity contribution in [2.45, 2.75) is 19.8 Å². The summed E-state index contributed by atoms with van der Waals surface area (Å²) < 4.78 is 0. The largest absolute Gasteiger partial charge is 0.364 e. The van der Waals surface area contributed by atoms with E-state index in [0.717, 1.165) is 5.56 Å². The topological polar surface area (TPSA) is 68.9 Å². The molecule has 1 aromatic heterocycles. The van der Waals surface area contributed by atoms with E-state index in [1.807, 2.05) is 12.1 Å². The molecule has 0 spiro atoms. The highest BCUT2D eigenvalue weighted by Crippen LogP contribution is 2.22. The molecule has 0 atom stereocenters. The van der Waals surface area contributed by atoms with Crippen molar-refractivity contribution in [2.75, 3.05) is 0 Å². The Labute approximate surface area is 106 Å². The number of carbonyl (C=O) groups excluding carboxylic acids is 1. The first-order valence-corrected chi connectivity index (χ1v) is 5.80. The third-order valence-corrected chi connectivity index (χ3v) is 2.74. The van der Waals surface area contributed by atoms with Crippen molar-refractivity contribution in [3.05, 3.63) is 47.9 Å². The van der Waals surface area contributed by atoms with Crippen LogP contribution in [-0.2, 0) is 0 Å². The summed E-state index contributed by atoms with van der Waals surface area (Å²) in [5, 5.41) is 0. The average molecular weight is 241 g/mol. The van der Waals surface area contributed by atoms with Crippen molar-refractivity contribution in [2.24, 2.45) is 5.73 Å². The first-order valence-electron chi connectivity index (χ1n) is 5.80. The zero-order chi connectivity index (χ0) is 13.1. The second-order valence-corrected chi connectivity index (χ2v) is 4.43. The fourth-order valence-electron chi connectivity index (χ4n) is 1.68. The maximum absolute atomic E-state index is 11.1. The number of nitrogens with two attached hydrogens (primary N) is 1. The minimum absolute atomic E-state index is 0.183. The number of primary amides is 1. The fraction of sp³-hybridized carbons (Fsp3) is 0.214. The molecule has 18 heavy (non-hydrogen) atoms. The molecule has 0 unspecified atom stereocenters. The third-order valence-electron chi connectivity index (χ3n) is 2.74. The monoisotopic (exact) mass is 241 g/mol. The Morgan fingerprint density at radius 2 is 2.06 bits per heavy atom. The van der Waals surface area contributed by atoms with E-state index in [-0.39, 0.29) is 5.69 Å². The van der Waals surface area contributed by atoms with Crippen LogP contribution >= 0.6 is 0 Å². The molecule has 0 saturated heterocycles. The molecule has 0 aliphatic carbocycles. The van der Waals surface area contributed by atoms with E-state index in [2.05, 4.69) is 35.9 Å². The van der Waals surface area contributed by atoms with Crippen LogP contribution in [0.25, 0.3) is 11.3 Å². The van der Waals surface area contributed by atoms with E-state index in [0.29, 0.717) is 11.6 Å². The van der Waals surface area contributed by atoms with E-state index < -0.39 is 5.91 Å². The summed E-state index contributed by atoms with van der Waals surface area (Å²) in [4.78, 5) is 19.3. The number of carbonyl (C=O) groups is 1. The molecule has 0 fully saturated rings. The number of benzene rings is 1. The van der Waals surface area contributed by atoms with Gasteiger partial charge in [0.2, 0.25) is 0 Å². The smallest absolute Gasteiger partial charge is 0.268 e. The second-order valence-electron chi connectivity index (χ2n) is 4.43. The molecule has 4 heteroatoms.